The third-order valence-electron chi connectivity index (χ3n) is 1.76. The van der Waals surface area contributed by atoms with Crippen molar-refractivity contribution in [1.82, 2.24) is 9.97 Å². The minimum absolute atomic E-state index is 0. The van der Waals surface area contributed by atoms with Gasteiger partial charge in [0, 0.05) is 0 Å². The normalized spacial score (nSPS) is 8.27. The van der Waals surface area contributed by atoms with Crippen molar-refractivity contribution in [3.63, 3.8) is 0 Å². The first kappa shape index (κ1) is 18.6. The molecule has 1 heterocycles. The summed E-state index contributed by atoms with van der Waals surface area (Å²) in [6, 6.07) is 6.21. The van der Waals surface area contributed by atoms with Gasteiger partial charge in [0.2, 0.25) is 0 Å². The van der Waals surface area contributed by atoms with Crippen molar-refractivity contribution in [2.24, 2.45) is 0 Å². The Bertz CT molecular complexity index is 398. The summed E-state index contributed by atoms with van der Waals surface area (Å²) in [7, 11) is 0. The van der Waals surface area contributed by atoms with E-state index in [1.54, 1.807) is 0 Å². The number of fused-ring (bicyclic) bond motifs is 1. The third kappa shape index (κ3) is 5.39. The van der Waals surface area contributed by atoms with Crippen LogP contribution in [0.25, 0.3) is 11.0 Å². The summed E-state index contributed by atoms with van der Waals surface area (Å²) >= 11 is 0. The summed E-state index contributed by atoms with van der Waals surface area (Å²) in [5.41, 5.74) is 3.44. The molecule has 4 heteroatoms. The average molecular weight is 389 g/mol. The predicted octanol–water partition coefficient (Wildman–Crippen LogP) is -2.79. The smallest absolute Gasteiger partial charge is 1.00 e. The van der Waals surface area contributed by atoms with Gasteiger partial charge in [-0.2, -0.15) is 0 Å². The van der Waals surface area contributed by atoms with Crippen molar-refractivity contribution >= 4 is 11.0 Å². The fourth-order valence-corrected chi connectivity index (χ4v) is 1.25. The molecular formula is C11H16IN2Rb. The molecule has 0 atom stereocenters. The van der Waals surface area contributed by atoms with Gasteiger partial charge in [-0.3, -0.25) is 0 Å². The van der Waals surface area contributed by atoms with Crippen LogP contribution in [0.2, 0.25) is 0 Å². The van der Waals surface area contributed by atoms with E-state index in [1.807, 2.05) is 26.8 Å². The van der Waals surface area contributed by atoms with E-state index < -0.39 is 0 Å². The second-order valence-electron chi connectivity index (χ2n) is 2.84. The summed E-state index contributed by atoms with van der Waals surface area (Å²) in [5, 5.41) is 0. The van der Waals surface area contributed by atoms with E-state index in [2.05, 4.69) is 29.0 Å². The van der Waals surface area contributed by atoms with E-state index in [9.17, 15) is 0 Å². The molecule has 0 saturated heterocycles. The molecule has 0 aliphatic carbocycles. The van der Waals surface area contributed by atoms with Gasteiger partial charge in [-0.15, -0.1) is 0 Å². The van der Waals surface area contributed by atoms with E-state index in [-0.39, 0.29) is 82.2 Å². The van der Waals surface area contributed by atoms with Crippen LogP contribution in [-0.2, 0) is 0 Å². The van der Waals surface area contributed by atoms with Crippen LogP contribution in [0.15, 0.2) is 18.2 Å². The Morgan fingerprint density at radius 1 is 1.13 bits per heavy atom. The first-order valence-corrected chi connectivity index (χ1v) is 4.69. The van der Waals surface area contributed by atoms with Crippen LogP contribution in [0.4, 0.5) is 0 Å². The zero-order valence-corrected chi connectivity index (χ0v) is 17.1. The van der Waals surface area contributed by atoms with Crippen LogP contribution in [-0.4, -0.2) is 9.97 Å². The van der Waals surface area contributed by atoms with Crippen molar-refractivity contribution in [2.45, 2.75) is 27.7 Å². The maximum absolute atomic E-state index is 4.30. The van der Waals surface area contributed by atoms with Crippen LogP contribution >= 0.6 is 0 Å². The number of rotatable bonds is 0. The van der Waals surface area contributed by atoms with E-state index in [1.165, 1.54) is 5.56 Å². The fourth-order valence-electron chi connectivity index (χ4n) is 1.25. The average Bonchev–Trinajstić information content (AvgIpc) is 2.48. The molecule has 1 aromatic heterocycles. The Kier molecular flexibility index (Phi) is 11.5. The number of H-pyrrole nitrogens is 1. The molecule has 0 spiro atoms. The molecule has 0 saturated carbocycles. The maximum Gasteiger partial charge on any atom is 1.00 e. The number of imidazole rings is 1. The standard InChI is InChI=1S/C9H10N2.C2H6.HI.Rb/c1-6-3-4-8-9(5-6)11-7(2)10-8;1-2;;/h3-5H,1-2H3,(H,10,11);1-2H3;1H;/q;;;+1/p-1. The van der Waals surface area contributed by atoms with Crippen molar-refractivity contribution in [2.75, 3.05) is 0 Å². The van der Waals surface area contributed by atoms with Crippen molar-refractivity contribution in [3.8, 4) is 0 Å². The van der Waals surface area contributed by atoms with E-state index in [0.717, 1.165) is 16.9 Å². The number of aromatic amines is 1. The SMILES string of the molecule is CC.Cc1ccc2nc(C)[nH]c2c1.[I-].[Rb+]. The number of hydrogen-bond acceptors (Lipinski definition) is 1. The summed E-state index contributed by atoms with van der Waals surface area (Å²) in [4.78, 5) is 7.49. The number of nitrogens with zero attached hydrogens (tertiary/aromatic N) is 1. The quantitative estimate of drug-likeness (QED) is 0.486. The number of nitrogens with one attached hydrogen (secondary N) is 1. The van der Waals surface area contributed by atoms with Crippen molar-refractivity contribution in [1.29, 1.82) is 0 Å². The molecular weight excluding hydrogens is 373 g/mol. The van der Waals surface area contributed by atoms with Crippen molar-refractivity contribution in [3.05, 3.63) is 29.6 Å². The fraction of sp³-hybridized carbons (Fsp3) is 0.364. The number of aromatic nitrogens is 2. The summed E-state index contributed by atoms with van der Waals surface area (Å²) in [6.45, 7) is 8.05. The topological polar surface area (TPSA) is 28.7 Å². The number of benzene rings is 1. The van der Waals surface area contributed by atoms with Gasteiger partial charge in [0.05, 0.1) is 11.0 Å². The zero-order chi connectivity index (χ0) is 9.84. The summed E-state index contributed by atoms with van der Waals surface area (Å²) < 4.78 is 0. The van der Waals surface area contributed by atoms with Crippen LogP contribution in [0.5, 0.6) is 0 Å². The van der Waals surface area contributed by atoms with Crippen LogP contribution < -0.4 is 82.2 Å². The van der Waals surface area contributed by atoms with Gasteiger partial charge in [-0.25, -0.2) is 4.98 Å². The Morgan fingerprint density at radius 3 is 2.33 bits per heavy atom. The summed E-state index contributed by atoms with van der Waals surface area (Å²) in [6.07, 6.45) is 0. The van der Waals surface area contributed by atoms with Gasteiger partial charge in [0.15, 0.2) is 0 Å². The molecule has 0 aliphatic rings. The Morgan fingerprint density at radius 2 is 1.73 bits per heavy atom. The molecule has 15 heavy (non-hydrogen) atoms. The van der Waals surface area contributed by atoms with E-state index in [0.29, 0.717) is 0 Å². The largest absolute Gasteiger partial charge is 1.00 e. The van der Waals surface area contributed by atoms with Gasteiger partial charge in [-0.1, -0.05) is 19.9 Å². The molecule has 2 rings (SSSR count). The predicted molar refractivity (Wildman–Crippen MR) is 56.9 cm³/mol. The Labute approximate surface area is 157 Å². The van der Waals surface area contributed by atoms with E-state index in [4.69, 9.17) is 0 Å². The minimum Gasteiger partial charge on any atom is -1.00 e. The molecule has 1 N–H and O–H groups in total. The monoisotopic (exact) mass is 388 g/mol. The molecule has 78 valence electrons. The molecule has 1 aromatic carbocycles. The first-order valence-electron chi connectivity index (χ1n) is 4.69. The number of halogens is 1. The minimum atomic E-state index is 0. The molecule has 0 amide bonds. The van der Waals surface area contributed by atoms with Crippen LogP contribution in [0, 0.1) is 13.8 Å². The number of hydrogen-bond donors (Lipinski definition) is 1. The Balaban J connectivity index is 0. The van der Waals surface area contributed by atoms with E-state index >= 15 is 0 Å². The molecule has 2 aromatic rings. The molecule has 0 unspecified atom stereocenters. The van der Waals surface area contributed by atoms with Gasteiger partial charge in [-0.05, 0) is 31.5 Å². The zero-order valence-electron chi connectivity index (χ0n) is 10.1. The molecule has 2 nitrogen and oxygen atoms in total. The van der Waals surface area contributed by atoms with Gasteiger partial charge in [0.25, 0.3) is 0 Å². The molecule has 0 bridgehead atoms. The van der Waals surface area contributed by atoms with Crippen LogP contribution in [0.1, 0.15) is 25.2 Å². The maximum atomic E-state index is 4.30. The Hall–Kier alpha value is 1.23. The number of aryl methyl sites for hydroxylation is 2. The van der Waals surface area contributed by atoms with Crippen LogP contribution in [0.3, 0.4) is 0 Å². The summed E-state index contributed by atoms with van der Waals surface area (Å²) in [5.74, 6) is 0.977. The van der Waals surface area contributed by atoms with Gasteiger partial charge < -0.3 is 29.0 Å². The molecule has 0 radical (unpaired) electrons. The molecule has 0 fully saturated rings. The molecule has 0 aliphatic heterocycles. The van der Waals surface area contributed by atoms with Crippen molar-refractivity contribution < 1.29 is 82.2 Å². The van der Waals surface area contributed by atoms with Gasteiger partial charge in [0.1, 0.15) is 5.82 Å². The second-order valence-corrected chi connectivity index (χ2v) is 2.84. The second kappa shape index (κ2) is 9.28. The first-order chi connectivity index (χ1) is 6.25. The third-order valence-corrected chi connectivity index (χ3v) is 1.76. The van der Waals surface area contributed by atoms with Gasteiger partial charge >= 0.3 is 58.2 Å².